The third kappa shape index (κ3) is 2.47. The summed E-state index contributed by atoms with van der Waals surface area (Å²) in [5, 5.41) is 0. The van der Waals surface area contributed by atoms with Crippen LogP contribution in [0.1, 0.15) is 56.3 Å². The van der Waals surface area contributed by atoms with Crippen molar-refractivity contribution in [1.82, 2.24) is 0 Å². The molecule has 1 unspecified atom stereocenters. The fraction of sp³-hybridized carbons (Fsp3) is 0.455. The van der Waals surface area contributed by atoms with E-state index in [1.807, 2.05) is 3.28 Å². The Labute approximate surface area is 160 Å². The summed E-state index contributed by atoms with van der Waals surface area (Å²) in [5.74, 6) is 0. The van der Waals surface area contributed by atoms with E-state index < -0.39 is 20.3 Å². The monoisotopic (exact) mass is 462 g/mol. The van der Waals surface area contributed by atoms with Crippen LogP contribution in [0.15, 0.2) is 48.2 Å². The predicted octanol–water partition coefficient (Wildman–Crippen LogP) is 7.81. The van der Waals surface area contributed by atoms with Gasteiger partial charge in [-0.05, 0) is 0 Å². The van der Waals surface area contributed by atoms with Crippen LogP contribution in [0, 0.1) is 5.41 Å². The van der Waals surface area contributed by atoms with Crippen molar-refractivity contribution in [3.05, 3.63) is 59.4 Å². The van der Waals surface area contributed by atoms with Gasteiger partial charge in [-0.15, -0.1) is 0 Å². The number of hydrogen-bond acceptors (Lipinski definition) is 0. The van der Waals surface area contributed by atoms with Gasteiger partial charge >= 0.3 is 161 Å². The molecule has 0 aromatic heterocycles. The molecule has 1 aromatic rings. The van der Waals surface area contributed by atoms with Gasteiger partial charge in [0.1, 0.15) is 0 Å². The van der Waals surface area contributed by atoms with Crippen LogP contribution in [0.4, 0.5) is 0 Å². The number of rotatable bonds is 2. The van der Waals surface area contributed by atoms with E-state index in [0.717, 1.165) is 0 Å². The Morgan fingerprint density at radius 1 is 1.00 bits per heavy atom. The molecule has 0 saturated heterocycles. The zero-order valence-electron chi connectivity index (χ0n) is 16.3. The molecule has 2 aliphatic rings. The molecule has 0 nitrogen and oxygen atoms in total. The van der Waals surface area contributed by atoms with Gasteiger partial charge < -0.3 is 0 Å². The molecule has 0 amide bonds. The summed E-state index contributed by atoms with van der Waals surface area (Å²) in [4.78, 5) is 0. The molecule has 0 heterocycles. The quantitative estimate of drug-likeness (QED) is 0.419. The summed E-state index contributed by atoms with van der Waals surface area (Å²) in [6.45, 7) is 14.3. The van der Waals surface area contributed by atoms with E-state index in [1.54, 1.807) is 22.3 Å². The molecular formula is C22H29BrZr. The Hall–Kier alpha value is -0.197. The number of benzene rings is 1. The van der Waals surface area contributed by atoms with Gasteiger partial charge in [0.15, 0.2) is 0 Å². The summed E-state index contributed by atoms with van der Waals surface area (Å²) >= 11 is 1.14. The van der Waals surface area contributed by atoms with E-state index in [9.17, 15) is 0 Å². The Balaban J connectivity index is 2.18. The number of allylic oxidation sites excluding steroid dienone is 5. The molecule has 0 fully saturated rings. The van der Waals surface area contributed by atoms with Crippen LogP contribution >= 0.6 is 15.9 Å². The number of fused-ring (bicyclic) bond motifs is 1. The van der Waals surface area contributed by atoms with E-state index in [2.05, 4.69) is 91.0 Å². The SMILES string of the molecule is CC1=Cc2c(Br)cccc2[CH]1[Zr]([CH3])([CH3])[C]1=C(C)C(C)=C(C)C1(C)C. The van der Waals surface area contributed by atoms with Crippen molar-refractivity contribution < 1.29 is 20.3 Å². The molecular weight excluding hydrogens is 435 g/mol. The summed E-state index contributed by atoms with van der Waals surface area (Å²) in [6, 6.07) is 6.74. The van der Waals surface area contributed by atoms with Crippen molar-refractivity contribution in [1.29, 1.82) is 0 Å². The Bertz CT molecular complexity index is 818. The molecule has 2 aliphatic carbocycles. The standard InChI is InChI=1S/C10H8Br.C10H15.2CH3.Zr/c1-7-5-8-3-2-4-10(11)9(8)6-7;1-7-6-10(4,5)9(3)8(7)2;;;/h2-6H,1H3;1-5H3;2*1H3;. The van der Waals surface area contributed by atoms with Crippen LogP contribution < -0.4 is 0 Å². The second-order valence-corrected chi connectivity index (χ2v) is 20.6. The fourth-order valence-corrected chi connectivity index (χ4v) is 19.5. The normalized spacial score (nSPS) is 23.0. The van der Waals surface area contributed by atoms with Crippen LogP contribution in [-0.2, 0) is 20.3 Å². The summed E-state index contributed by atoms with van der Waals surface area (Å²) < 4.78 is 9.01. The van der Waals surface area contributed by atoms with Crippen LogP contribution in [0.5, 0.6) is 0 Å². The molecule has 0 N–H and O–H groups in total. The van der Waals surface area contributed by atoms with Crippen molar-refractivity contribution in [2.75, 3.05) is 0 Å². The molecule has 2 heteroatoms. The van der Waals surface area contributed by atoms with E-state index in [1.165, 1.54) is 15.6 Å². The van der Waals surface area contributed by atoms with Crippen molar-refractivity contribution in [3.63, 3.8) is 0 Å². The predicted molar refractivity (Wildman–Crippen MR) is 107 cm³/mol. The Morgan fingerprint density at radius 3 is 2.17 bits per heavy atom. The number of hydrogen-bond donors (Lipinski definition) is 0. The van der Waals surface area contributed by atoms with Gasteiger partial charge in [-0.1, -0.05) is 0 Å². The molecule has 128 valence electrons. The topological polar surface area (TPSA) is 0 Å². The molecule has 0 radical (unpaired) electrons. The van der Waals surface area contributed by atoms with Gasteiger partial charge in [-0.2, -0.15) is 0 Å². The van der Waals surface area contributed by atoms with E-state index >= 15 is 0 Å². The van der Waals surface area contributed by atoms with Crippen LogP contribution in [-0.4, -0.2) is 0 Å². The van der Waals surface area contributed by atoms with Gasteiger partial charge in [-0.3, -0.25) is 0 Å². The van der Waals surface area contributed by atoms with E-state index in [-0.39, 0.29) is 5.41 Å². The fourth-order valence-electron chi connectivity index (χ4n) is 5.50. The van der Waals surface area contributed by atoms with Crippen LogP contribution in [0.25, 0.3) is 6.08 Å². The Kier molecular flexibility index (Phi) is 4.58. The second-order valence-electron chi connectivity index (χ2n) is 8.66. The molecule has 3 rings (SSSR count). The zero-order valence-corrected chi connectivity index (χ0v) is 20.3. The molecule has 24 heavy (non-hydrogen) atoms. The summed E-state index contributed by atoms with van der Waals surface area (Å²) in [5.41, 5.74) is 9.47. The first-order chi connectivity index (χ1) is 11.0. The van der Waals surface area contributed by atoms with Crippen molar-refractivity contribution in [2.24, 2.45) is 5.41 Å². The van der Waals surface area contributed by atoms with Gasteiger partial charge in [0.05, 0.1) is 0 Å². The van der Waals surface area contributed by atoms with Crippen molar-refractivity contribution >= 4 is 22.0 Å². The van der Waals surface area contributed by atoms with Crippen molar-refractivity contribution in [2.45, 2.75) is 54.4 Å². The molecule has 0 saturated carbocycles. The summed E-state index contributed by atoms with van der Waals surface area (Å²) in [6.07, 6.45) is 2.42. The molecule has 1 atom stereocenters. The average molecular weight is 465 g/mol. The van der Waals surface area contributed by atoms with Crippen LogP contribution in [0.3, 0.4) is 0 Å². The minimum absolute atomic E-state index is 0.225. The van der Waals surface area contributed by atoms with Gasteiger partial charge in [-0.25, -0.2) is 0 Å². The van der Waals surface area contributed by atoms with Gasteiger partial charge in [0, 0.05) is 0 Å². The molecule has 0 bridgehead atoms. The third-order valence-corrected chi connectivity index (χ3v) is 18.4. The first kappa shape index (κ1) is 18.6. The second kappa shape index (κ2) is 5.92. The first-order valence-electron chi connectivity index (χ1n) is 8.88. The third-order valence-electron chi connectivity index (χ3n) is 6.65. The zero-order chi connectivity index (χ0) is 18.0. The summed E-state index contributed by atoms with van der Waals surface area (Å²) in [7, 11) is 0. The maximum atomic E-state index is 3.76. The van der Waals surface area contributed by atoms with Crippen molar-refractivity contribution in [3.8, 4) is 0 Å². The van der Waals surface area contributed by atoms with E-state index in [4.69, 9.17) is 0 Å². The van der Waals surface area contributed by atoms with Gasteiger partial charge in [0.25, 0.3) is 0 Å². The van der Waals surface area contributed by atoms with Crippen LogP contribution in [0.2, 0.25) is 9.26 Å². The van der Waals surface area contributed by atoms with E-state index in [0.29, 0.717) is 3.63 Å². The molecule has 0 spiro atoms. The Morgan fingerprint density at radius 2 is 1.62 bits per heavy atom. The molecule has 0 aliphatic heterocycles. The number of halogens is 1. The minimum atomic E-state index is -2.62. The van der Waals surface area contributed by atoms with Gasteiger partial charge in [0.2, 0.25) is 0 Å². The average Bonchev–Trinajstić information content (AvgIpc) is 2.89. The molecule has 1 aromatic carbocycles. The first-order valence-corrected chi connectivity index (χ1v) is 17.2. The maximum absolute atomic E-state index is 3.76.